The third-order valence-corrected chi connectivity index (χ3v) is 6.69. The van der Waals surface area contributed by atoms with E-state index in [2.05, 4.69) is 10.3 Å². The van der Waals surface area contributed by atoms with Crippen LogP contribution in [-0.4, -0.2) is 57.3 Å². The number of para-hydroxylation sites is 1. The quantitative estimate of drug-likeness (QED) is 0.225. The molecule has 0 bridgehead atoms. The number of nitrogens with one attached hydrogen (secondary N) is 1. The molecule has 41 heavy (non-hydrogen) atoms. The van der Waals surface area contributed by atoms with Crippen LogP contribution >= 0.6 is 11.3 Å². The number of carboxylic acid groups (broad SMARTS) is 1. The second-order valence-corrected chi connectivity index (χ2v) is 10.1. The normalized spacial score (nSPS) is 11.2. The lowest BCUT2D eigenvalue weighted by atomic mass is 10.1. The molecular weight excluding hydrogens is 544 g/mol. The Morgan fingerprint density at radius 3 is 1.95 bits per heavy atom. The first-order valence-electron chi connectivity index (χ1n) is 12.8. The third-order valence-electron chi connectivity index (χ3n) is 5.94. The zero-order valence-electron chi connectivity index (χ0n) is 22.2. The summed E-state index contributed by atoms with van der Waals surface area (Å²) in [5.41, 5.74) is 3.27. The molecule has 0 aliphatic heterocycles. The number of hydrogen-bond acceptors (Lipinski definition) is 7. The van der Waals surface area contributed by atoms with Crippen molar-refractivity contribution in [2.75, 3.05) is 13.1 Å². The van der Waals surface area contributed by atoms with Gasteiger partial charge in [0.1, 0.15) is 12.4 Å². The number of carbonyl (C=O) groups excluding carboxylic acids is 2. The Bertz CT molecular complexity index is 1370. The van der Waals surface area contributed by atoms with Crippen LogP contribution in [-0.2, 0) is 24.4 Å². The van der Waals surface area contributed by atoms with Crippen LogP contribution in [0.3, 0.4) is 0 Å². The maximum absolute atomic E-state index is 13.3. The topological polar surface area (TPSA) is 121 Å². The van der Waals surface area contributed by atoms with Crippen LogP contribution in [0.25, 0.3) is 0 Å². The van der Waals surface area contributed by atoms with E-state index in [1.807, 2.05) is 60.7 Å². The fourth-order valence-corrected chi connectivity index (χ4v) is 4.54. The van der Waals surface area contributed by atoms with Crippen LogP contribution in [0.1, 0.15) is 16.0 Å². The molecule has 1 atom stereocenters. The highest BCUT2D eigenvalue weighted by molar-refractivity contribution is 7.09. The molecule has 0 spiro atoms. The third kappa shape index (κ3) is 9.66. The van der Waals surface area contributed by atoms with E-state index >= 15 is 0 Å². The molecular formula is C30H30N4O6S. The second kappa shape index (κ2) is 15.0. The van der Waals surface area contributed by atoms with E-state index in [0.29, 0.717) is 5.75 Å². The smallest absolute Gasteiger partial charge is 0.412 e. The number of ether oxygens (including phenoxy) is 2. The molecule has 0 radical (unpaired) electrons. The van der Waals surface area contributed by atoms with Crippen molar-refractivity contribution < 1.29 is 29.0 Å². The first-order valence-corrected chi connectivity index (χ1v) is 13.7. The minimum atomic E-state index is -1.17. The number of carbonyl (C=O) groups is 3. The lowest BCUT2D eigenvalue weighted by Gasteiger charge is -2.30. The Hall–Kier alpha value is -4.90. The van der Waals surface area contributed by atoms with E-state index in [4.69, 9.17) is 9.47 Å². The molecule has 212 valence electrons. The lowest BCUT2D eigenvalue weighted by Crippen LogP contribution is -2.52. The molecule has 1 unspecified atom stereocenters. The van der Waals surface area contributed by atoms with Crippen molar-refractivity contribution in [2.45, 2.75) is 25.7 Å². The van der Waals surface area contributed by atoms with Gasteiger partial charge in [0.25, 0.3) is 0 Å². The summed E-state index contributed by atoms with van der Waals surface area (Å²) in [6, 6.07) is 26.1. The first-order chi connectivity index (χ1) is 20.0. The Morgan fingerprint density at radius 1 is 0.829 bits per heavy atom. The predicted molar refractivity (Wildman–Crippen MR) is 153 cm³/mol. The highest BCUT2D eigenvalue weighted by atomic mass is 32.1. The summed E-state index contributed by atoms with van der Waals surface area (Å²) in [6.07, 6.45) is -0.934. The lowest BCUT2D eigenvalue weighted by molar-refractivity contribution is 0.0859. The van der Waals surface area contributed by atoms with Crippen LogP contribution < -0.4 is 10.1 Å². The van der Waals surface area contributed by atoms with E-state index in [0.717, 1.165) is 16.0 Å². The molecule has 0 saturated heterocycles. The molecule has 0 fully saturated rings. The number of nitrogens with zero attached hydrogens (tertiary/aromatic N) is 3. The number of thiazole rings is 1. The van der Waals surface area contributed by atoms with Crippen molar-refractivity contribution in [3.63, 3.8) is 0 Å². The maximum Gasteiger partial charge on any atom is 0.412 e. The summed E-state index contributed by atoms with van der Waals surface area (Å²) in [4.78, 5) is 45.8. The van der Waals surface area contributed by atoms with Crippen LogP contribution in [0, 0.1) is 0 Å². The number of amides is 3. The van der Waals surface area contributed by atoms with E-state index in [1.54, 1.807) is 42.0 Å². The Kier molecular flexibility index (Phi) is 10.7. The van der Waals surface area contributed by atoms with Crippen molar-refractivity contribution >= 4 is 29.6 Å². The predicted octanol–water partition coefficient (Wildman–Crippen LogP) is 5.62. The number of aromatic nitrogens is 1. The standard InChI is InChI=1S/C30H30N4O6S/c35-28(40-26-14-8-3-9-15-26)32-25(19-33(29(36)37)17-23-10-4-1-5-11-23)20-34(18-24-12-6-2-7-13-24)30(38)39-21-27-16-31-22-41-27/h1-16,22,25H,17-21H2,(H,32,35)(H,36,37). The van der Waals surface area contributed by atoms with Gasteiger partial charge in [0.05, 0.1) is 16.4 Å². The van der Waals surface area contributed by atoms with Crippen molar-refractivity contribution in [1.29, 1.82) is 0 Å². The SMILES string of the molecule is O=C(NC(CN(Cc1ccccc1)C(=O)O)CN(Cc1ccccc1)C(=O)OCc1cncs1)Oc1ccccc1. The van der Waals surface area contributed by atoms with Crippen LogP contribution in [0.15, 0.2) is 103 Å². The average molecular weight is 575 g/mol. The number of rotatable bonds is 12. The molecule has 11 heteroatoms. The van der Waals surface area contributed by atoms with Crippen molar-refractivity contribution in [3.05, 3.63) is 119 Å². The summed E-state index contributed by atoms with van der Waals surface area (Å²) in [5.74, 6) is 0.327. The van der Waals surface area contributed by atoms with Crippen molar-refractivity contribution in [1.82, 2.24) is 20.1 Å². The van der Waals surface area contributed by atoms with Crippen LogP contribution in [0.2, 0.25) is 0 Å². The van der Waals surface area contributed by atoms with Gasteiger partial charge in [0.15, 0.2) is 0 Å². The van der Waals surface area contributed by atoms with Crippen LogP contribution in [0.5, 0.6) is 5.75 Å². The Morgan fingerprint density at radius 2 is 1.39 bits per heavy atom. The fourth-order valence-electron chi connectivity index (χ4n) is 4.03. The van der Waals surface area contributed by atoms with E-state index in [1.165, 1.54) is 21.1 Å². The zero-order chi connectivity index (χ0) is 28.9. The second-order valence-electron chi connectivity index (χ2n) is 9.08. The van der Waals surface area contributed by atoms with E-state index in [-0.39, 0.29) is 32.8 Å². The minimum absolute atomic E-state index is 0.0399. The summed E-state index contributed by atoms with van der Waals surface area (Å²) in [7, 11) is 0. The Balaban J connectivity index is 1.54. The van der Waals surface area contributed by atoms with Gasteiger partial charge in [-0.2, -0.15) is 0 Å². The summed E-state index contributed by atoms with van der Waals surface area (Å²) >= 11 is 1.36. The van der Waals surface area contributed by atoms with Gasteiger partial charge in [-0.05, 0) is 23.3 Å². The highest BCUT2D eigenvalue weighted by Gasteiger charge is 2.27. The molecule has 2 N–H and O–H groups in total. The van der Waals surface area contributed by atoms with Gasteiger partial charge in [0.2, 0.25) is 0 Å². The van der Waals surface area contributed by atoms with Gasteiger partial charge >= 0.3 is 18.3 Å². The van der Waals surface area contributed by atoms with E-state index in [9.17, 15) is 19.5 Å². The molecule has 1 heterocycles. The molecule has 0 saturated carbocycles. The zero-order valence-corrected chi connectivity index (χ0v) is 23.0. The number of hydrogen-bond donors (Lipinski definition) is 2. The van der Waals surface area contributed by atoms with Crippen LogP contribution in [0.4, 0.5) is 14.4 Å². The molecule has 0 aliphatic rings. The maximum atomic E-state index is 13.3. The van der Waals surface area contributed by atoms with Gasteiger partial charge in [-0.15, -0.1) is 11.3 Å². The molecule has 1 aromatic heterocycles. The van der Waals surface area contributed by atoms with Gasteiger partial charge < -0.3 is 29.7 Å². The van der Waals surface area contributed by atoms with Gasteiger partial charge in [-0.1, -0.05) is 78.9 Å². The molecule has 3 amide bonds. The fraction of sp³-hybridized carbons (Fsp3) is 0.200. The van der Waals surface area contributed by atoms with Gasteiger partial charge in [-0.3, -0.25) is 4.98 Å². The molecule has 3 aromatic carbocycles. The van der Waals surface area contributed by atoms with Crippen molar-refractivity contribution in [2.24, 2.45) is 0 Å². The highest BCUT2D eigenvalue weighted by Crippen LogP contribution is 2.14. The van der Waals surface area contributed by atoms with Gasteiger partial charge in [-0.25, -0.2) is 14.4 Å². The molecule has 4 rings (SSSR count). The monoisotopic (exact) mass is 574 g/mol. The summed E-state index contributed by atoms with van der Waals surface area (Å²) in [6.45, 7) is 0.162. The van der Waals surface area contributed by atoms with Crippen molar-refractivity contribution in [3.8, 4) is 5.75 Å². The summed E-state index contributed by atoms with van der Waals surface area (Å²) in [5, 5.41) is 12.7. The van der Waals surface area contributed by atoms with Gasteiger partial charge in [0, 0.05) is 32.4 Å². The Labute approximate surface area is 241 Å². The first kappa shape index (κ1) is 29.1. The van der Waals surface area contributed by atoms with E-state index < -0.39 is 24.3 Å². The minimum Gasteiger partial charge on any atom is -0.465 e. The summed E-state index contributed by atoms with van der Waals surface area (Å²) < 4.78 is 11.0. The molecule has 0 aliphatic carbocycles. The largest absolute Gasteiger partial charge is 0.465 e. The molecule has 4 aromatic rings. The molecule has 10 nitrogen and oxygen atoms in total. The number of benzene rings is 3. The average Bonchev–Trinajstić information content (AvgIpc) is 3.50.